The van der Waals surface area contributed by atoms with Gasteiger partial charge in [-0.3, -0.25) is 4.57 Å². The molecule has 4 nitrogen and oxygen atoms in total. The van der Waals surface area contributed by atoms with Crippen LogP contribution in [0, 0.1) is 6.92 Å². The first-order valence-corrected chi connectivity index (χ1v) is 4.29. The van der Waals surface area contributed by atoms with Crippen LogP contribution in [-0.2, 0) is 0 Å². The van der Waals surface area contributed by atoms with Gasteiger partial charge in [0.05, 0.1) is 5.69 Å². The summed E-state index contributed by atoms with van der Waals surface area (Å²) in [7, 11) is 0. The number of aromatic hydroxyl groups is 1. The summed E-state index contributed by atoms with van der Waals surface area (Å²) in [5, 5.41) is 9.65. The molecule has 0 saturated carbocycles. The molecule has 0 amide bonds. The van der Waals surface area contributed by atoms with Crippen molar-refractivity contribution in [3.63, 3.8) is 0 Å². The van der Waals surface area contributed by atoms with Gasteiger partial charge in [0.2, 0.25) is 5.88 Å². The van der Waals surface area contributed by atoms with E-state index in [1.807, 2.05) is 30.3 Å². The number of benzene rings is 1. The predicted molar refractivity (Wildman–Crippen MR) is 54.4 cm³/mol. The number of hydrogen-bond acceptors (Lipinski definition) is 3. The fourth-order valence-corrected chi connectivity index (χ4v) is 1.43. The van der Waals surface area contributed by atoms with Crippen LogP contribution in [0.3, 0.4) is 0 Å². The molecule has 0 saturated heterocycles. The Labute approximate surface area is 81.6 Å². The first-order chi connectivity index (χ1) is 6.70. The molecule has 1 aromatic carbocycles. The Bertz CT molecular complexity index is 448. The maximum Gasteiger partial charge on any atom is 0.241 e. The number of imidazole rings is 1. The van der Waals surface area contributed by atoms with Crippen molar-refractivity contribution in [2.24, 2.45) is 0 Å². The summed E-state index contributed by atoms with van der Waals surface area (Å²) in [5.41, 5.74) is 6.35. The number of hydrogen-bond donors (Lipinski definition) is 2. The molecule has 2 aromatic rings. The summed E-state index contributed by atoms with van der Waals surface area (Å²) in [4.78, 5) is 3.98. The van der Waals surface area contributed by atoms with Gasteiger partial charge >= 0.3 is 0 Å². The molecule has 0 radical (unpaired) electrons. The molecule has 0 spiro atoms. The molecular weight excluding hydrogens is 178 g/mol. The summed E-state index contributed by atoms with van der Waals surface area (Å²) < 4.78 is 1.61. The molecule has 72 valence electrons. The van der Waals surface area contributed by atoms with Crippen LogP contribution in [0.15, 0.2) is 30.3 Å². The number of aryl methyl sites for hydroxylation is 1. The van der Waals surface area contributed by atoms with Crippen molar-refractivity contribution in [1.82, 2.24) is 9.55 Å². The van der Waals surface area contributed by atoms with E-state index in [4.69, 9.17) is 5.73 Å². The third-order valence-corrected chi connectivity index (χ3v) is 2.06. The van der Waals surface area contributed by atoms with Crippen molar-refractivity contribution in [3.05, 3.63) is 36.2 Å². The lowest BCUT2D eigenvalue weighted by Gasteiger charge is -2.05. The highest BCUT2D eigenvalue weighted by Gasteiger charge is 2.11. The molecule has 1 heterocycles. The van der Waals surface area contributed by atoms with Crippen molar-refractivity contribution in [3.8, 4) is 11.6 Å². The van der Waals surface area contributed by atoms with E-state index < -0.39 is 0 Å². The van der Waals surface area contributed by atoms with E-state index in [0.29, 0.717) is 5.82 Å². The minimum absolute atomic E-state index is 0.00583. The number of rotatable bonds is 1. The van der Waals surface area contributed by atoms with Crippen molar-refractivity contribution in [1.29, 1.82) is 0 Å². The molecule has 1 aromatic heterocycles. The van der Waals surface area contributed by atoms with Crippen LogP contribution in [0.25, 0.3) is 5.69 Å². The quantitative estimate of drug-likeness (QED) is 0.714. The fraction of sp³-hybridized carbons (Fsp3) is 0.100. The Balaban J connectivity index is 2.62. The molecule has 0 aliphatic rings. The SMILES string of the molecule is Cc1nc(N)c(O)n1-c1ccccc1. The smallest absolute Gasteiger partial charge is 0.241 e. The van der Waals surface area contributed by atoms with Crippen LogP contribution >= 0.6 is 0 Å². The Hall–Kier alpha value is -1.97. The molecule has 0 bridgehead atoms. The minimum atomic E-state index is -0.00583. The molecule has 3 N–H and O–H groups in total. The maximum atomic E-state index is 9.65. The number of nitrogens with zero attached hydrogens (tertiary/aromatic N) is 2. The summed E-state index contributed by atoms with van der Waals surface area (Å²) >= 11 is 0. The average Bonchev–Trinajstić information content (AvgIpc) is 2.43. The number of nitrogens with two attached hydrogens (primary N) is 1. The molecular formula is C10H11N3O. The molecule has 0 aliphatic carbocycles. The van der Waals surface area contributed by atoms with Crippen molar-refractivity contribution < 1.29 is 5.11 Å². The first kappa shape index (κ1) is 8.62. The number of aromatic nitrogens is 2. The van der Waals surface area contributed by atoms with Gasteiger partial charge in [-0.25, -0.2) is 4.98 Å². The van der Waals surface area contributed by atoms with Gasteiger partial charge in [-0.15, -0.1) is 0 Å². The highest BCUT2D eigenvalue weighted by Crippen LogP contribution is 2.25. The predicted octanol–water partition coefficient (Wildman–Crippen LogP) is 1.47. The number of anilines is 1. The molecule has 0 aliphatic heterocycles. The topological polar surface area (TPSA) is 64.1 Å². The third-order valence-electron chi connectivity index (χ3n) is 2.06. The zero-order chi connectivity index (χ0) is 10.1. The van der Waals surface area contributed by atoms with Gasteiger partial charge in [-0.1, -0.05) is 18.2 Å². The van der Waals surface area contributed by atoms with Crippen LogP contribution in [0.1, 0.15) is 5.82 Å². The highest BCUT2D eigenvalue weighted by atomic mass is 16.3. The van der Waals surface area contributed by atoms with E-state index in [0.717, 1.165) is 5.69 Å². The maximum absolute atomic E-state index is 9.65. The summed E-state index contributed by atoms with van der Waals surface area (Å²) in [6.45, 7) is 1.79. The van der Waals surface area contributed by atoms with Crippen LogP contribution in [-0.4, -0.2) is 14.7 Å². The van der Waals surface area contributed by atoms with Crippen molar-refractivity contribution in [2.45, 2.75) is 6.92 Å². The number of nitrogen functional groups attached to an aromatic ring is 1. The van der Waals surface area contributed by atoms with E-state index in [-0.39, 0.29) is 11.7 Å². The highest BCUT2D eigenvalue weighted by molar-refractivity contribution is 5.48. The zero-order valence-electron chi connectivity index (χ0n) is 7.81. The third kappa shape index (κ3) is 1.21. The van der Waals surface area contributed by atoms with Gasteiger partial charge in [0.25, 0.3) is 0 Å². The second kappa shape index (κ2) is 3.06. The van der Waals surface area contributed by atoms with E-state index >= 15 is 0 Å². The second-order valence-corrected chi connectivity index (χ2v) is 3.04. The van der Waals surface area contributed by atoms with Gasteiger partial charge in [0.15, 0.2) is 5.82 Å². The van der Waals surface area contributed by atoms with Crippen molar-refractivity contribution in [2.75, 3.05) is 5.73 Å². The fourth-order valence-electron chi connectivity index (χ4n) is 1.43. The lowest BCUT2D eigenvalue weighted by Crippen LogP contribution is -1.95. The molecule has 14 heavy (non-hydrogen) atoms. The molecule has 2 rings (SSSR count). The second-order valence-electron chi connectivity index (χ2n) is 3.04. The van der Waals surface area contributed by atoms with Crippen LogP contribution in [0.4, 0.5) is 5.82 Å². The normalized spacial score (nSPS) is 10.4. The lowest BCUT2D eigenvalue weighted by molar-refractivity contribution is 0.444. The number of para-hydroxylation sites is 1. The van der Waals surface area contributed by atoms with E-state index in [9.17, 15) is 5.11 Å². The Morgan fingerprint density at radius 2 is 1.93 bits per heavy atom. The Morgan fingerprint density at radius 1 is 1.29 bits per heavy atom. The van der Waals surface area contributed by atoms with E-state index in [2.05, 4.69) is 4.98 Å². The van der Waals surface area contributed by atoms with Gasteiger partial charge in [-0.2, -0.15) is 0 Å². The van der Waals surface area contributed by atoms with Crippen molar-refractivity contribution >= 4 is 5.82 Å². The van der Waals surface area contributed by atoms with Crippen LogP contribution < -0.4 is 5.73 Å². The average molecular weight is 189 g/mol. The lowest BCUT2D eigenvalue weighted by atomic mass is 10.3. The van der Waals surface area contributed by atoms with Crippen LogP contribution in [0.5, 0.6) is 5.88 Å². The van der Waals surface area contributed by atoms with Gasteiger partial charge < -0.3 is 10.8 Å². The largest absolute Gasteiger partial charge is 0.492 e. The first-order valence-electron chi connectivity index (χ1n) is 4.29. The standard InChI is InChI=1S/C10H11N3O/c1-7-12-9(11)10(14)13(7)8-5-3-2-4-6-8/h2-6,14H,11H2,1H3. The molecule has 0 fully saturated rings. The molecule has 0 unspecified atom stereocenters. The zero-order valence-corrected chi connectivity index (χ0v) is 7.81. The molecule has 4 heteroatoms. The van der Waals surface area contributed by atoms with Gasteiger partial charge in [0.1, 0.15) is 5.82 Å². The van der Waals surface area contributed by atoms with Crippen LogP contribution in [0.2, 0.25) is 0 Å². The van der Waals surface area contributed by atoms with E-state index in [1.54, 1.807) is 11.5 Å². The summed E-state index contributed by atoms with van der Waals surface area (Å²) in [6.07, 6.45) is 0. The van der Waals surface area contributed by atoms with Gasteiger partial charge in [-0.05, 0) is 19.1 Å². The van der Waals surface area contributed by atoms with E-state index in [1.165, 1.54) is 0 Å². The monoisotopic (exact) mass is 189 g/mol. The minimum Gasteiger partial charge on any atom is -0.492 e. The Kier molecular flexibility index (Phi) is 1.89. The van der Waals surface area contributed by atoms with Gasteiger partial charge in [0, 0.05) is 0 Å². The molecule has 0 atom stereocenters. The summed E-state index contributed by atoms with van der Waals surface area (Å²) in [6, 6.07) is 9.46. The summed E-state index contributed by atoms with van der Waals surface area (Å²) in [5.74, 6) is 0.825. The Morgan fingerprint density at radius 3 is 2.43 bits per heavy atom.